The van der Waals surface area contributed by atoms with Crippen LogP contribution in [0.2, 0.25) is 5.02 Å². The molecule has 6 nitrogen and oxygen atoms in total. The minimum Gasteiger partial charge on any atom is -0.444 e. The van der Waals surface area contributed by atoms with Crippen LogP contribution >= 0.6 is 11.6 Å². The number of halogens is 1. The number of rotatable bonds is 5. The van der Waals surface area contributed by atoms with Crippen molar-refractivity contribution in [2.24, 2.45) is 0 Å². The van der Waals surface area contributed by atoms with Gasteiger partial charge in [0.05, 0.1) is 15.5 Å². The molecule has 2 aromatic carbocycles. The summed E-state index contributed by atoms with van der Waals surface area (Å²) >= 11 is 6.02. The van der Waals surface area contributed by atoms with E-state index in [-0.39, 0.29) is 15.5 Å². The van der Waals surface area contributed by atoms with Crippen molar-refractivity contribution in [2.45, 2.75) is 11.0 Å². The molecule has 138 valence electrons. The summed E-state index contributed by atoms with van der Waals surface area (Å²) in [7, 11) is -0.438. The van der Waals surface area contributed by atoms with Gasteiger partial charge in [-0.3, -0.25) is 4.79 Å². The van der Waals surface area contributed by atoms with Crippen LogP contribution in [0.1, 0.15) is 22.0 Å². The fourth-order valence-electron chi connectivity index (χ4n) is 2.19. The molecule has 0 aliphatic heterocycles. The lowest BCUT2D eigenvalue weighted by atomic mass is 10.1. The van der Waals surface area contributed by atoms with Gasteiger partial charge in [-0.1, -0.05) is 41.9 Å². The van der Waals surface area contributed by atoms with Crippen molar-refractivity contribution in [2.75, 3.05) is 20.4 Å². The van der Waals surface area contributed by atoms with Crippen LogP contribution in [0.4, 0.5) is 0 Å². The van der Waals surface area contributed by atoms with E-state index in [0.29, 0.717) is 5.56 Å². The Morgan fingerprint density at radius 1 is 1.08 bits per heavy atom. The maximum atomic E-state index is 12.6. The first kappa shape index (κ1) is 19.9. The molecular weight excluding hydrogens is 378 g/mol. The van der Waals surface area contributed by atoms with Crippen LogP contribution in [0, 0.1) is 0 Å². The third-order valence-electron chi connectivity index (χ3n) is 3.58. The molecule has 1 amide bonds. The number of likely N-dealkylation sites (N-methyl/N-ethyl adjacent to an activating group) is 1. The Kier molecular flexibility index (Phi) is 6.05. The number of hydrogen-bond acceptors (Lipinski definition) is 5. The van der Waals surface area contributed by atoms with Crippen molar-refractivity contribution in [1.82, 2.24) is 4.90 Å². The van der Waals surface area contributed by atoms with E-state index in [1.54, 1.807) is 44.4 Å². The normalized spacial score (nSPS) is 12.3. The fraction of sp³-hybridized carbons (Fsp3) is 0.222. The van der Waals surface area contributed by atoms with E-state index in [9.17, 15) is 18.0 Å². The average molecular weight is 396 g/mol. The number of hydrogen-bond donors (Lipinski definition) is 0. The zero-order valence-electron chi connectivity index (χ0n) is 14.5. The first-order valence-corrected chi connectivity index (χ1v) is 9.85. The summed E-state index contributed by atoms with van der Waals surface area (Å²) in [5.41, 5.74) is 0.372. The zero-order chi connectivity index (χ0) is 19.5. The second-order valence-corrected chi connectivity index (χ2v) is 8.27. The lowest BCUT2D eigenvalue weighted by Crippen LogP contribution is -2.31. The molecule has 0 radical (unpaired) electrons. The number of sulfone groups is 1. The molecule has 0 aliphatic carbocycles. The smallest absolute Gasteiger partial charge is 0.340 e. The van der Waals surface area contributed by atoms with E-state index in [4.69, 9.17) is 16.3 Å². The Hall–Kier alpha value is -2.38. The van der Waals surface area contributed by atoms with Crippen LogP contribution in [-0.2, 0) is 19.4 Å². The third kappa shape index (κ3) is 4.62. The lowest BCUT2D eigenvalue weighted by molar-refractivity contribution is -0.138. The second-order valence-electron chi connectivity index (χ2n) is 5.84. The van der Waals surface area contributed by atoms with Crippen molar-refractivity contribution in [3.63, 3.8) is 0 Å². The minimum absolute atomic E-state index is 0.0338. The van der Waals surface area contributed by atoms with Crippen LogP contribution < -0.4 is 0 Å². The molecule has 1 atom stereocenters. The number of carbonyl (C=O) groups excluding carboxylic acids is 2. The molecule has 0 fully saturated rings. The molecule has 2 rings (SSSR count). The fourth-order valence-corrected chi connectivity index (χ4v) is 3.03. The predicted octanol–water partition coefficient (Wildman–Crippen LogP) is 2.73. The quantitative estimate of drug-likeness (QED) is 0.727. The molecule has 8 heteroatoms. The van der Waals surface area contributed by atoms with Gasteiger partial charge in [0.25, 0.3) is 5.91 Å². The van der Waals surface area contributed by atoms with Crippen molar-refractivity contribution < 1.29 is 22.7 Å². The maximum Gasteiger partial charge on any atom is 0.340 e. The van der Waals surface area contributed by atoms with Crippen molar-refractivity contribution in [3.8, 4) is 0 Å². The maximum absolute atomic E-state index is 12.6. The SMILES string of the molecule is CN(C)C(=O)C(OC(=O)c1cc(S(C)(=O)=O)ccc1Cl)c1ccccc1. The standard InChI is InChI=1S/C18H18ClNO5S/c1-20(2)17(21)16(12-7-5-4-6-8-12)25-18(22)14-11-13(26(3,23)24)9-10-15(14)19/h4-11,16H,1-3H3. The van der Waals surface area contributed by atoms with Gasteiger partial charge in [0.15, 0.2) is 9.84 Å². The molecule has 1 unspecified atom stereocenters. The molecule has 0 saturated heterocycles. The van der Waals surface area contributed by atoms with Crippen molar-refractivity contribution in [3.05, 3.63) is 64.7 Å². The van der Waals surface area contributed by atoms with Gasteiger partial charge in [0.1, 0.15) is 0 Å². The molecule has 0 saturated carbocycles. The van der Waals surface area contributed by atoms with E-state index in [0.717, 1.165) is 12.3 Å². The summed E-state index contributed by atoms with van der Waals surface area (Å²) in [6.07, 6.45) is -0.148. The van der Waals surface area contributed by atoms with E-state index >= 15 is 0 Å². The third-order valence-corrected chi connectivity index (χ3v) is 5.02. The van der Waals surface area contributed by atoms with E-state index in [1.807, 2.05) is 0 Å². The Morgan fingerprint density at radius 3 is 2.23 bits per heavy atom. The van der Waals surface area contributed by atoms with E-state index in [1.165, 1.54) is 17.0 Å². The van der Waals surface area contributed by atoms with Gasteiger partial charge in [-0.25, -0.2) is 13.2 Å². The Morgan fingerprint density at radius 2 is 1.69 bits per heavy atom. The van der Waals surface area contributed by atoms with Gasteiger partial charge in [0.2, 0.25) is 6.10 Å². The summed E-state index contributed by atoms with van der Waals surface area (Å²) in [6, 6.07) is 12.3. The Balaban J connectivity index is 2.40. The van der Waals surface area contributed by atoms with Crippen molar-refractivity contribution in [1.29, 1.82) is 0 Å². The average Bonchev–Trinajstić information content (AvgIpc) is 2.58. The van der Waals surface area contributed by atoms with Crippen LogP contribution in [0.25, 0.3) is 0 Å². The number of ether oxygens (including phenoxy) is 1. The number of nitrogens with zero attached hydrogens (tertiary/aromatic N) is 1. The first-order valence-electron chi connectivity index (χ1n) is 7.58. The lowest BCUT2D eigenvalue weighted by Gasteiger charge is -2.21. The summed E-state index contributed by atoms with van der Waals surface area (Å²) < 4.78 is 28.8. The summed E-state index contributed by atoms with van der Waals surface area (Å²) in [4.78, 5) is 26.3. The molecular formula is C18H18ClNO5S. The van der Waals surface area contributed by atoms with Gasteiger partial charge < -0.3 is 9.64 Å². The van der Waals surface area contributed by atoms with Gasteiger partial charge in [0, 0.05) is 25.9 Å². The monoisotopic (exact) mass is 395 g/mol. The molecule has 26 heavy (non-hydrogen) atoms. The number of carbonyl (C=O) groups is 2. The topological polar surface area (TPSA) is 80.8 Å². The van der Waals surface area contributed by atoms with Gasteiger partial charge in [-0.05, 0) is 18.2 Å². The van der Waals surface area contributed by atoms with Crippen LogP contribution in [0.5, 0.6) is 0 Å². The van der Waals surface area contributed by atoms with Crippen LogP contribution in [0.3, 0.4) is 0 Å². The second kappa shape index (κ2) is 7.88. The van der Waals surface area contributed by atoms with Gasteiger partial charge >= 0.3 is 5.97 Å². The highest BCUT2D eigenvalue weighted by atomic mass is 35.5. The highest BCUT2D eigenvalue weighted by Crippen LogP contribution is 2.26. The number of benzene rings is 2. The van der Waals surface area contributed by atoms with Crippen LogP contribution in [-0.4, -0.2) is 45.5 Å². The highest BCUT2D eigenvalue weighted by Gasteiger charge is 2.28. The minimum atomic E-state index is -3.53. The molecule has 0 heterocycles. The Bertz CT molecular complexity index is 926. The predicted molar refractivity (Wildman–Crippen MR) is 97.9 cm³/mol. The molecule has 0 aliphatic rings. The summed E-state index contributed by atoms with van der Waals surface area (Å²) in [6.45, 7) is 0. The van der Waals surface area contributed by atoms with Crippen LogP contribution in [0.15, 0.2) is 53.4 Å². The Labute approximate surface area is 157 Å². The van der Waals surface area contributed by atoms with Gasteiger partial charge in [-0.15, -0.1) is 0 Å². The van der Waals surface area contributed by atoms with Gasteiger partial charge in [-0.2, -0.15) is 0 Å². The molecule has 0 aromatic heterocycles. The molecule has 2 aromatic rings. The molecule has 0 bridgehead atoms. The molecule has 0 spiro atoms. The highest BCUT2D eigenvalue weighted by molar-refractivity contribution is 7.90. The number of esters is 1. The van der Waals surface area contributed by atoms with Crippen molar-refractivity contribution >= 4 is 33.3 Å². The molecule has 0 N–H and O–H groups in total. The van der Waals surface area contributed by atoms with E-state index < -0.39 is 27.8 Å². The van der Waals surface area contributed by atoms with E-state index in [2.05, 4.69) is 0 Å². The largest absolute Gasteiger partial charge is 0.444 e. The summed E-state index contributed by atoms with van der Waals surface area (Å²) in [5, 5.41) is 0.0338. The summed E-state index contributed by atoms with van der Waals surface area (Å²) in [5.74, 6) is -1.32. The first-order chi connectivity index (χ1) is 12.1. The zero-order valence-corrected chi connectivity index (χ0v) is 16.0. The number of amides is 1.